The van der Waals surface area contributed by atoms with Crippen molar-refractivity contribution in [3.05, 3.63) is 48.3 Å². The first kappa shape index (κ1) is 11.8. The molecule has 0 unspecified atom stereocenters. The highest BCUT2D eigenvalue weighted by molar-refractivity contribution is 6.67. The fraction of sp³-hybridized carbons (Fsp3) is 0. The van der Waals surface area contributed by atoms with Crippen LogP contribution in [0.2, 0.25) is 0 Å². The lowest BCUT2D eigenvalue weighted by Gasteiger charge is -1.98. The van der Waals surface area contributed by atoms with E-state index in [9.17, 15) is 4.79 Å². The number of aromatic nitrogens is 2. The molecule has 78 valence electrons. The van der Waals surface area contributed by atoms with Crippen molar-refractivity contribution in [1.29, 1.82) is 0 Å². The molecular formula is C10H8Cl2N2O. The predicted octanol–water partition coefficient (Wildman–Crippen LogP) is 2.67. The van der Waals surface area contributed by atoms with Gasteiger partial charge in [0.25, 0.3) is 5.24 Å². The number of carbonyl (C=O) groups excluding carboxylic acids is 1. The van der Waals surface area contributed by atoms with Gasteiger partial charge in [-0.1, -0.05) is 18.2 Å². The summed E-state index contributed by atoms with van der Waals surface area (Å²) in [5.74, 6) is 0. The molecule has 2 rings (SSSR count). The minimum atomic E-state index is -0.493. The zero-order chi connectivity index (χ0) is 9.97. The Morgan fingerprint density at radius 3 is 2.47 bits per heavy atom. The summed E-state index contributed by atoms with van der Waals surface area (Å²) in [6, 6.07) is 9.52. The highest BCUT2D eigenvalue weighted by Gasteiger charge is 2.05. The van der Waals surface area contributed by atoms with E-state index in [0.29, 0.717) is 5.56 Å². The fourth-order valence-corrected chi connectivity index (χ4v) is 1.24. The molecule has 0 aliphatic rings. The van der Waals surface area contributed by atoms with Crippen LogP contribution in [-0.2, 0) is 0 Å². The van der Waals surface area contributed by atoms with Gasteiger partial charge in [0, 0.05) is 6.20 Å². The molecule has 15 heavy (non-hydrogen) atoms. The molecule has 0 aliphatic heterocycles. The molecule has 3 nitrogen and oxygen atoms in total. The van der Waals surface area contributed by atoms with Crippen LogP contribution in [0, 0.1) is 0 Å². The Morgan fingerprint density at radius 2 is 1.93 bits per heavy atom. The Hall–Kier alpha value is -1.32. The Kier molecular flexibility index (Phi) is 3.88. The van der Waals surface area contributed by atoms with Crippen LogP contribution in [0.1, 0.15) is 10.4 Å². The Balaban J connectivity index is 0.00000112. The van der Waals surface area contributed by atoms with Crippen molar-refractivity contribution >= 4 is 29.3 Å². The van der Waals surface area contributed by atoms with E-state index >= 15 is 0 Å². The molecule has 0 spiro atoms. The van der Waals surface area contributed by atoms with E-state index in [1.165, 1.54) is 6.20 Å². The van der Waals surface area contributed by atoms with E-state index in [2.05, 4.69) is 5.10 Å². The number of benzene rings is 1. The van der Waals surface area contributed by atoms with E-state index in [0.717, 1.165) is 5.69 Å². The number of para-hydroxylation sites is 1. The molecule has 0 aliphatic carbocycles. The number of nitrogens with zero attached hydrogens (tertiary/aromatic N) is 2. The first-order chi connectivity index (χ1) is 6.77. The molecule has 0 N–H and O–H groups in total. The molecule has 1 aromatic carbocycles. The van der Waals surface area contributed by atoms with Crippen LogP contribution in [0.25, 0.3) is 5.69 Å². The number of hydrogen-bond donors (Lipinski definition) is 0. The highest BCUT2D eigenvalue weighted by atomic mass is 35.5. The van der Waals surface area contributed by atoms with Gasteiger partial charge in [-0.25, -0.2) is 4.68 Å². The molecule has 0 saturated carbocycles. The number of halogens is 2. The third kappa shape index (κ3) is 2.58. The Labute approximate surface area is 98.1 Å². The van der Waals surface area contributed by atoms with E-state index < -0.39 is 5.24 Å². The number of rotatable bonds is 2. The number of carbonyl (C=O) groups is 1. The monoisotopic (exact) mass is 242 g/mol. The van der Waals surface area contributed by atoms with Crippen molar-refractivity contribution < 1.29 is 4.79 Å². The summed E-state index contributed by atoms with van der Waals surface area (Å²) < 4.78 is 1.61. The second kappa shape index (κ2) is 4.96. The van der Waals surface area contributed by atoms with Gasteiger partial charge in [-0.3, -0.25) is 4.79 Å². The van der Waals surface area contributed by atoms with Crippen molar-refractivity contribution in [3.8, 4) is 5.69 Å². The summed E-state index contributed by atoms with van der Waals surface area (Å²) in [6.07, 6.45) is 3.05. The predicted molar refractivity (Wildman–Crippen MR) is 61.0 cm³/mol. The van der Waals surface area contributed by atoms with E-state index in [1.807, 2.05) is 30.3 Å². The molecular weight excluding hydrogens is 235 g/mol. The quantitative estimate of drug-likeness (QED) is 0.760. The van der Waals surface area contributed by atoms with Crippen LogP contribution in [0.3, 0.4) is 0 Å². The molecule has 0 saturated heterocycles. The lowest BCUT2D eigenvalue weighted by Crippen LogP contribution is -1.93. The minimum Gasteiger partial charge on any atom is -0.275 e. The minimum absolute atomic E-state index is 0. The van der Waals surface area contributed by atoms with Crippen LogP contribution < -0.4 is 0 Å². The van der Waals surface area contributed by atoms with E-state index in [1.54, 1.807) is 10.9 Å². The average molecular weight is 243 g/mol. The van der Waals surface area contributed by atoms with Crippen molar-refractivity contribution in [1.82, 2.24) is 9.78 Å². The third-order valence-corrected chi connectivity index (χ3v) is 2.05. The maximum absolute atomic E-state index is 10.8. The zero-order valence-electron chi connectivity index (χ0n) is 7.63. The van der Waals surface area contributed by atoms with Gasteiger partial charge in [0.15, 0.2) is 0 Å². The first-order valence-electron chi connectivity index (χ1n) is 4.07. The standard InChI is InChI=1S/C10H7ClN2O.ClH/c11-10(14)8-6-12-13(7-8)9-4-2-1-3-5-9;/h1-7H;1H. The van der Waals surface area contributed by atoms with Gasteiger partial charge in [0.05, 0.1) is 17.4 Å². The summed E-state index contributed by atoms with van der Waals surface area (Å²) >= 11 is 5.31. The third-order valence-electron chi connectivity index (χ3n) is 1.83. The SMILES string of the molecule is Cl.O=C(Cl)c1cnn(-c2ccccc2)c1. The molecule has 0 radical (unpaired) electrons. The Bertz CT molecular complexity index is 453. The van der Waals surface area contributed by atoms with Crippen molar-refractivity contribution in [2.75, 3.05) is 0 Å². The van der Waals surface area contributed by atoms with Gasteiger partial charge in [-0.15, -0.1) is 12.4 Å². The molecule has 0 atom stereocenters. The lowest BCUT2D eigenvalue weighted by molar-refractivity contribution is 0.108. The van der Waals surface area contributed by atoms with Crippen molar-refractivity contribution in [2.45, 2.75) is 0 Å². The smallest absolute Gasteiger partial charge is 0.255 e. The van der Waals surface area contributed by atoms with E-state index in [4.69, 9.17) is 11.6 Å². The number of hydrogen-bond acceptors (Lipinski definition) is 2. The molecule has 2 aromatic rings. The van der Waals surface area contributed by atoms with Gasteiger partial charge in [0.2, 0.25) is 0 Å². The van der Waals surface area contributed by atoms with Gasteiger partial charge < -0.3 is 0 Å². The fourth-order valence-electron chi connectivity index (χ4n) is 1.15. The summed E-state index contributed by atoms with van der Waals surface area (Å²) in [5, 5.41) is 3.53. The van der Waals surface area contributed by atoms with Crippen LogP contribution in [0.5, 0.6) is 0 Å². The van der Waals surface area contributed by atoms with E-state index in [-0.39, 0.29) is 12.4 Å². The summed E-state index contributed by atoms with van der Waals surface area (Å²) in [4.78, 5) is 10.8. The molecule has 5 heteroatoms. The summed E-state index contributed by atoms with van der Waals surface area (Å²) in [5.41, 5.74) is 1.30. The van der Waals surface area contributed by atoms with Gasteiger partial charge >= 0.3 is 0 Å². The second-order valence-electron chi connectivity index (χ2n) is 2.78. The summed E-state index contributed by atoms with van der Waals surface area (Å²) in [7, 11) is 0. The summed E-state index contributed by atoms with van der Waals surface area (Å²) in [6.45, 7) is 0. The van der Waals surface area contributed by atoms with Crippen LogP contribution in [0.15, 0.2) is 42.7 Å². The average Bonchev–Trinajstić information content (AvgIpc) is 2.68. The molecule has 0 amide bonds. The van der Waals surface area contributed by atoms with Gasteiger partial charge in [0.1, 0.15) is 0 Å². The van der Waals surface area contributed by atoms with Crippen LogP contribution >= 0.6 is 24.0 Å². The first-order valence-corrected chi connectivity index (χ1v) is 4.45. The van der Waals surface area contributed by atoms with Crippen LogP contribution in [-0.4, -0.2) is 15.0 Å². The molecule has 0 fully saturated rings. The van der Waals surface area contributed by atoms with Crippen molar-refractivity contribution in [2.24, 2.45) is 0 Å². The maximum atomic E-state index is 10.8. The largest absolute Gasteiger partial charge is 0.275 e. The zero-order valence-corrected chi connectivity index (χ0v) is 9.20. The topological polar surface area (TPSA) is 34.9 Å². The van der Waals surface area contributed by atoms with Gasteiger partial charge in [-0.2, -0.15) is 5.10 Å². The second-order valence-corrected chi connectivity index (χ2v) is 3.13. The highest BCUT2D eigenvalue weighted by Crippen LogP contribution is 2.08. The molecule has 0 bridgehead atoms. The normalized spacial score (nSPS) is 9.40. The maximum Gasteiger partial charge on any atom is 0.255 e. The van der Waals surface area contributed by atoms with Gasteiger partial charge in [-0.05, 0) is 23.7 Å². The molecule has 1 aromatic heterocycles. The van der Waals surface area contributed by atoms with Crippen LogP contribution in [0.4, 0.5) is 0 Å². The molecule has 1 heterocycles. The lowest BCUT2D eigenvalue weighted by atomic mass is 10.3. The Morgan fingerprint density at radius 1 is 1.27 bits per heavy atom. The van der Waals surface area contributed by atoms with Crippen molar-refractivity contribution in [3.63, 3.8) is 0 Å².